The van der Waals surface area contributed by atoms with Crippen molar-refractivity contribution >= 4 is 7.94 Å². The summed E-state index contributed by atoms with van der Waals surface area (Å²) in [5.41, 5.74) is 0. The molecule has 0 unspecified atom stereocenters. The van der Waals surface area contributed by atoms with Crippen LogP contribution in [0.15, 0.2) is 0 Å². The minimum Gasteiger partial charge on any atom is -0.193 e. The number of halogens is 3. The van der Waals surface area contributed by atoms with Crippen LogP contribution in [-0.4, -0.2) is 27.0 Å². The van der Waals surface area contributed by atoms with Crippen LogP contribution in [0.5, 0.6) is 0 Å². The van der Waals surface area contributed by atoms with Crippen molar-refractivity contribution in [3.63, 3.8) is 0 Å². The maximum absolute atomic E-state index is 11.1. The summed E-state index contributed by atoms with van der Waals surface area (Å²) in [6.45, 7) is 0. The van der Waals surface area contributed by atoms with Crippen molar-refractivity contribution in [3.8, 4) is 0 Å². The van der Waals surface area contributed by atoms with E-state index in [1.807, 2.05) is 0 Å². The second kappa shape index (κ2) is 2.38. The zero-order chi connectivity index (χ0) is 7.71. The summed E-state index contributed by atoms with van der Waals surface area (Å²) in [5.74, 6) is 0. The van der Waals surface area contributed by atoms with Gasteiger partial charge >= 0.3 is 14.1 Å². The number of hydrogen-bond acceptors (Lipinski definition) is 3. The predicted molar refractivity (Wildman–Crippen MR) is 24.5 cm³/mol. The molecule has 0 aromatic heterocycles. The summed E-state index contributed by atoms with van der Waals surface area (Å²) in [6.07, 6.45) is -6.65. The van der Waals surface area contributed by atoms with E-state index in [9.17, 15) is 13.2 Å². The smallest absolute Gasteiger partial charge is 0.193 e. The maximum Gasteiger partial charge on any atom is 0.429 e. The molecule has 0 bridgehead atoms. The van der Waals surface area contributed by atoms with Crippen LogP contribution >= 0.6 is 7.94 Å². The van der Waals surface area contributed by atoms with Crippen molar-refractivity contribution < 1.29 is 27.9 Å². The molecule has 3 N–H and O–H groups in total. The Hall–Kier alpha value is 0.100. The monoisotopic (exact) mass is 165 g/mol. The fraction of sp³-hybridized carbons (Fsp3) is 1.00. The van der Waals surface area contributed by atoms with Crippen LogP contribution in [0.1, 0.15) is 0 Å². The Morgan fingerprint density at radius 1 is 1.11 bits per heavy atom. The molecule has 0 radical (unpaired) electrons. The summed E-state index contributed by atoms with van der Waals surface area (Å²) in [7, 11) is -4.66. The molecule has 0 aliphatic carbocycles. The van der Waals surface area contributed by atoms with E-state index in [0.29, 0.717) is 0 Å². The van der Waals surface area contributed by atoms with Gasteiger partial charge in [-0.2, -0.15) is 27.9 Å². The van der Waals surface area contributed by atoms with Crippen LogP contribution in [0.25, 0.3) is 0 Å². The lowest BCUT2D eigenvalue weighted by Gasteiger charge is -2.05. The second-order valence-corrected chi connectivity index (χ2v) is 3.17. The Kier molecular flexibility index (Phi) is 2.41. The average Bonchev–Trinajstić information content (AvgIpc) is 1.14. The molecular formula is C2H5F3O3P+. The normalized spacial score (nSPS) is 14.0. The zero-order valence-corrected chi connectivity index (χ0v) is 5.02. The molecule has 0 atom stereocenters. The number of hydrogen-bond donors (Lipinski definition) is 3. The van der Waals surface area contributed by atoms with Crippen molar-refractivity contribution in [2.75, 3.05) is 6.16 Å². The van der Waals surface area contributed by atoms with Crippen molar-refractivity contribution in [3.05, 3.63) is 0 Å². The Balaban J connectivity index is 3.75. The standard InChI is InChI=1S/C2H5F3O3P/c3-2(4,5)1-9(6,7)8/h6-8H,1H2/q+1. The first-order valence-corrected chi connectivity index (χ1v) is 3.67. The van der Waals surface area contributed by atoms with Gasteiger partial charge in [-0.25, -0.2) is 0 Å². The van der Waals surface area contributed by atoms with E-state index in [0.717, 1.165) is 0 Å². The van der Waals surface area contributed by atoms with E-state index in [-0.39, 0.29) is 0 Å². The highest BCUT2D eigenvalue weighted by Crippen LogP contribution is 2.48. The summed E-state index contributed by atoms with van der Waals surface area (Å²) >= 11 is 0. The first kappa shape index (κ1) is 9.10. The van der Waals surface area contributed by atoms with E-state index in [1.165, 1.54) is 0 Å². The predicted octanol–water partition coefficient (Wildman–Crippen LogP) is 0.288. The first-order valence-electron chi connectivity index (χ1n) is 1.84. The van der Waals surface area contributed by atoms with E-state index in [2.05, 4.69) is 0 Å². The topological polar surface area (TPSA) is 60.7 Å². The lowest BCUT2D eigenvalue weighted by molar-refractivity contribution is -0.110. The lowest BCUT2D eigenvalue weighted by atomic mass is 10.8. The summed E-state index contributed by atoms with van der Waals surface area (Å²) in [4.78, 5) is 23.6. The third kappa shape index (κ3) is 8.10. The van der Waals surface area contributed by atoms with Crippen LogP contribution in [0.4, 0.5) is 13.2 Å². The van der Waals surface area contributed by atoms with Gasteiger partial charge < -0.3 is 0 Å². The molecule has 0 aromatic rings. The zero-order valence-electron chi connectivity index (χ0n) is 4.13. The summed E-state index contributed by atoms with van der Waals surface area (Å²) in [6, 6.07) is 0. The number of rotatable bonds is 1. The third-order valence-electron chi connectivity index (χ3n) is 0.391. The molecule has 0 spiro atoms. The molecule has 0 heterocycles. The van der Waals surface area contributed by atoms with Gasteiger partial charge in [0.05, 0.1) is 0 Å². The van der Waals surface area contributed by atoms with Crippen molar-refractivity contribution in [1.82, 2.24) is 0 Å². The highest BCUT2D eigenvalue weighted by Gasteiger charge is 2.46. The molecule has 0 rings (SSSR count). The molecule has 7 heteroatoms. The highest BCUT2D eigenvalue weighted by atomic mass is 31.2. The maximum atomic E-state index is 11.1. The third-order valence-corrected chi connectivity index (χ3v) is 1.17. The van der Waals surface area contributed by atoms with Gasteiger partial charge in [-0.05, 0) is 0 Å². The fourth-order valence-corrected chi connectivity index (χ4v) is 0.722. The van der Waals surface area contributed by atoms with E-state index >= 15 is 0 Å². The minimum atomic E-state index is -4.72. The number of alkyl halides is 3. The van der Waals surface area contributed by atoms with Gasteiger partial charge in [0.1, 0.15) is 0 Å². The molecule has 9 heavy (non-hydrogen) atoms. The Bertz CT molecular complexity index is 82.2. The summed E-state index contributed by atoms with van der Waals surface area (Å²) in [5, 5.41) is 0. The SMILES string of the molecule is O[P+](O)(O)CC(F)(F)F. The molecule has 56 valence electrons. The van der Waals surface area contributed by atoms with Crippen molar-refractivity contribution in [2.45, 2.75) is 6.18 Å². The molecule has 0 aromatic carbocycles. The second-order valence-electron chi connectivity index (χ2n) is 1.47. The molecule has 0 aliphatic rings. The van der Waals surface area contributed by atoms with Gasteiger partial charge in [-0.1, -0.05) is 0 Å². The van der Waals surface area contributed by atoms with Gasteiger partial charge in [0.25, 0.3) is 0 Å². The Morgan fingerprint density at radius 2 is 1.44 bits per heavy atom. The molecular weight excluding hydrogens is 160 g/mol. The van der Waals surface area contributed by atoms with Gasteiger partial charge in [0.2, 0.25) is 6.16 Å². The average molecular weight is 165 g/mol. The first-order chi connectivity index (χ1) is 3.71. The molecule has 0 saturated heterocycles. The molecule has 0 saturated carbocycles. The van der Waals surface area contributed by atoms with Crippen LogP contribution in [0.3, 0.4) is 0 Å². The van der Waals surface area contributed by atoms with Gasteiger partial charge in [-0.3, -0.25) is 0 Å². The largest absolute Gasteiger partial charge is 0.429 e. The molecule has 0 aliphatic heterocycles. The molecule has 0 fully saturated rings. The Morgan fingerprint density at radius 3 is 1.44 bits per heavy atom. The van der Waals surface area contributed by atoms with Crippen molar-refractivity contribution in [1.29, 1.82) is 0 Å². The van der Waals surface area contributed by atoms with E-state index < -0.39 is 20.3 Å². The minimum absolute atomic E-state index is 1.93. The fourth-order valence-electron chi connectivity index (χ4n) is 0.241. The lowest BCUT2D eigenvalue weighted by Crippen LogP contribution is -2.16. The van der Waals surface area contributed by atoms with Crippen LogP contribution < -0.4 is 0 Å². The van der Waals surface area contributed by atoms with Crippen LogP contribution in [0, 0.1) is 0 Å². The van der Waals surface area contributed by atoms with Crippen molar-refractivity contribution in [2.24, 2.45) is 0 Å². The van der Waals surface area contributed by atoms with Gasteiger partial charge in [-0.15, -0.1) is 0 Å². The summed E-state index contributed by atoms with van der Waals surface area (Å²) < 4.78 is 33.3. The molecule has 0 amide bonds. The van der Waals surface area contributed by atoms with E-state index in [1.54, 1.807) is 0 Å². The van der Waals surface area contributed by atoms with Crippen LogP contribution in [-0.2, 0) is 0 Å². The Labute approximate surface area is 49.3 Å². The molecule has 3 nitrogen and oxygen atoms in total. The van der Waals surface area contributed by atoms with Crippen LogP contribution in [0.2, 0.25) is 0 Å². The van der Waals surface area contributed by atoms with E-state index in [4.69, 9.17) is 14.7 Å². The quantitative estimate of drug-likeness (QED) is 0.489. The highest BCUT2D eigenvalue weighted by molar-refractivity contribution is 7.58. The van der Waals surface area contributed by atoms with Gasteiger partial charge in [0, 0.05) is 0 Å². The van der Waals surface area contributed by atoms with Gasteiger partial charge in [0.15, 0.2) is 0 Å².